The molecule has 1 heteroatoms. The van der Waals surface area contributed by atoms with Crippen LogP contribution in [0, 0.1) is 0 Å². The van der Waals surface area contributed by atoms with Crippen molar-refractivity contribution in [1.82, 2.24) is 0 Å². The predicted molar refractivity (Wildman–Crippen MR) is 57.5 cm³/mol. The average Bonchev–Trinajstić information content (AvgIpc) is 2.09. The van der Waals surface area contributed by atoms with Crippen molar-refractivity contribution in [3.05, 3.63) is 35.9 Å². The second-order valence-corrected chi connectivity index (χ2v) is 3.84. The molecule has 12 heavy (non-hydrogen) atoms. The van der Waals surface area contributed by atoms with Crippen LogP contribution < -0.4 is 0 Å². The van der Waals surface area contributed by atoms with E-state index in [0.717, 1.165) is 5.75 Å². The van der Waals surface area contributed by atoms with Gasteiger partial charge in [-0.2, -0.15) is 0 Å². The van der Waals surface area contributed by atoms with E-state index in [1.54, 1.807) is 0 Å². The maximum Gasteiger partial charge on any atom is 0.00722 e. The van der Waals surface area contributed by atoms with Gasteiger partial charge in [0.05, 0.1) is 0 Å². The molecule has 0 unspecified atom stereocenters. The molecule has 64 valence electrons. The van der Waals surface area contributed by atoms with Crippen molar-refractivity contribution in [2.75, 3.05) is 5.75 Å². The Labute approximate surface area is 78.7 Å². The van der Waals surface area contributed by atoms with E-state index < -0.39 is 0 Å². The lowest BCUT2D eigenvalue weighted by Gasteiger charge is -1.98. The van der Waals surface area contributed by atoms with Crippen LogP contribution in [-0.4, -0.2) is 5.75 Å². The second kappa shape index (κ2) is 5.04. The number of rotatable bonds is 3. The van der Waals surface area contributed by atoms with Gasteiger partial charge in [0.15, 0.2) is 0 Å². The van der Waals surface area contributed by atoms with Gasteiger partial charge in [0.1, 0.15) is 0 Å². The molecule has 0 aliphatic carbocycles. The fraction of sp³-hybridized carbons (Fsp3) is 0.273. The van der Waals surface area contributed by atoms with Gasteiger partial charge in [-0.05, 0) is 30.4 Å². The lowest BCUT2D eigenvalue weighted by atomic mass is 10.2. The van der Waals surface area contributed by atoms with Crippen molar-refractivity contribution in [3.8, 4) is 0 Å². The van der Waals surface area contributed by atoms with Crippen molar-refractivity contribution in [2.24, 2.45) is 0 Å². The van der Waals surface area contributed by atoms with Gasteiger partial charge >= 0.3 is 0 Å². The summed E-state index contributed by atoms with van der Waals surface area (Å²) in [6, 6.07) is 8.64. The summed E-state index contributed by atoms with van der Waals surface area (Å²) in [5.41, 5.74) is 1.28. The SMILES string of the molecule is C/C=C/c1ccc(SCC)cc1. The third-order valence-corrected chi connectivity index (χ3v) is 2.44. The molecule has 0 aliphatic heterocycles. The second-order valence-electron chi connectivity index (χ2n) is 2.50. The van der Waals surface area contributed by atoms with Crippen LogP contribution in [0.15, 0.2) is 35.2 Å². The Hall–Kier alpha value is -0.690. The molecule has 0 fully saturated rings. The largest absolute Gasteiger partial charge is 0.126 e. The number of thioether (sulfide) groups is 1. The Kier molecular flexibility index (Phi) is 3.95. The lowest BCUT2D eigenvalue weighted by Crippen LogP contribution is -1.74. The number of hydrogen-bond acceptors (Lipinski definition) is 1. The highest BCUT2D eigenvalue weighted by Crippen LogP contribution is 2.17. The lowest BCUT2D eigenvalue weighted by molar-refractivity contribution is 1.42. The molecule has 1 rings (SSSR count). The normalized spacial score (nSPS) is 10.8. The van der Waals surface area contributed by atoms with Crippen LogP contribution in [0.5, 0.6) is 0 Å². The first-order chi connectivity index (χ1) is 5.86. The summed E-state index contributed by atoms with van der Waals surface area (Å²) in [5, 5.41) is 0. The van der Waals surface area contributed by atoms with E-state index in [2.05, 4.69) is 43.3 Å². The van der Waals surface area contributed by atoms with E-state index in [9.17, 15) is 0 Å². The molecule has 0 bridgehead atoms. The molecule has 0 atom stereocenters. The Morgan fingerprint density at radius 1 is 1.25 bits per heavy atom. The van der Waals surface area contributed by atoms with E-state index >= 15 is 0 Å². The molecule has 1 aromatic carbocycles. The maximum atomic E-state index is 2.17. The van der Waals surface area contributed by atoms with Crippen LogP contribution in [0.25, 0.3) is 6.08 Å². The van der Waals surface area contributed by atoms with Crippen LogP contribution >= 0.6 is 11.8 Å². The zero-order valence-corrected chi connectivity index (χ0v) is 8.40. The molecule has 0 spiro atoms. The molecule has 0 heterocycles. The molecule has 1 aromatic rings. The van der Waals surface area contributed by atoms with Crippen LogP contribution in [0.1, 0.15) is 19.4 Å². The Balaban J connectivity index is 2.71. The van der Waals surface area contributed by atoms with Gasteiger partial charge < -0.3 is 0 Å². The molecule has 0 radical (unpaired) electrons. The summed E-state index contributed by atoms with van der Waals surface area (Å²) in [6.07, 6.45) is 4.17. The number of allylic oxidation sites excluding steroid dienone is 1. The molecule has 0 nitrogen and oxygen atoms in total. The summed E-state index contributed by atoms with van der Waals surface area (Å²) in [5.74, 6) is 1.14. The highest BCUT2D eigenvalue weighted by molar-refractivity contribution is 7.99. The monoisotopic (exact) mass is 178 g/mol. The van der Waals surface area contributed by atoms with Crippen LogP contribution in [0.2, 0.25) is 0 Å². The summed E-state index contributed by atoms with van der Waals surface area (Å²) in [4.78, 5) is 1.35. The Bertz CT molecular complexity index is 246. The number of benzene rings is 1. The molecule has 0 N–H and O–H groups in total. The van der Waals surface area contributed by atoms with E-state index in [4.69, 9.17) is 0 Å². The molecule has 0 aromatic heterocycles. The first-order valence-corrected chi connectivity index (χ1v) is 5.21. The average molecular weight is 178 g/mol. The standard InChI is InChI=1S/C11H14S/c1-3-5-10-6-8-11(9-7-10)12-4-2/h3,5-9H,4H2,1-2H3/b5-3+. The maximum absolute atomic E-state index is 2.17. The third-order valence-electron chi connectivity index (χ3n) is 1.55. The molecular formula is C11H14S. The van der Waals surface area contributed by atoms with Crippen molar-refractivity contribution in [1.29, 1.82) is 0 Å². The molecule has 0 aliphatic rings. The minimum Gasteiger partial charge on any atom is -0.126 e. The molecule has 0 saturated carbocycles. The van der Waals surface area contributed by atoms with Gasteiger partial charge in [-0.15, -0.1) is 11.8 Å². The van der Waals surface area contributed by atoms with E-state index in [0.29, 0.717) is 0 Å². The molecule has 0 amide bonds. The fourth-order valence-corrected chi connectivity index (χ4v) is 1.70. The van der Waals surface area contributed by atoms with Crippen LogP contribution in [0.4, 0.5) is 0 Å². The van der Waals surface area contributed by atoms with E-state index in [-0.39, 0.29) is 0 Å². The smallest absolute Gasteiger partial charge is 0.00722 e. The highest BCUT2D eigenvalue weighted by atomic mass is 32.2. The van der Waals surface area contributed by atoms with Gasteiger partial charge in [0.25, 0.3) is 0 Å². The van der Waals surface area contributed by atoms with Gasteiger partial charge in [-0.3, -0.25) is 0 Å². The Morgan fingerprint density at radius 2 is 1.92 bits per heavy atom. The molecule has 0 saturated heterocycles. The minimum absolute atomic E-state index is 1.14. The van der Waals surface area contributed by atoms with Gasteiger partial charge in [0, 0.05) is 4.90 Å². The Morgan fingerprint density at radius 3 is 2.42 bits per heavy atom. The summed E-state index contributed by atoms with van der Waals surface area (Å²) >= 11 is 1.88. The summed E-state index contributed by atoms with van der Waals surface area (Å²) in [6.45, 7) is 4.21. The van der Waals surface area contributed by atoms with Gasteiger partial charge in [0.2, 0.25) is 0 Å². The van der Waals surface area contributed by atoms with E-state index in [1.807, 2.05) is 18.7 Å². The van der Waals surface area contributed by atoms with Crippen molar-refractivity contribution in [3.63, 3.8) is 0 Å². The topological polar surface area (TPSA) is 0 Å². The first-order valence-electron chi connectivity index (χ1n) is 4.22. The zero-order valence-electron chi connectivity index (χ0n) is 7.58. The fourth-order valence-electron chi connectivity index (χ4n) is 1.03. The number of hydrogen-bond donors (Lipinski definition) is 0. The quantitative estimate of drug-likeness (QED) is 0.634. The summed E-state index contributed by atoms with van der Waals surface area (Å²) < 4.78 is 0. The van der Waals surface area contributed by atoms with E-state index in [1.165, 1.54) is 10.5 Å². The summed E-state index contributed by atoms with van der Waals surface area (Å²) in [7, 11) is 0. The highest BCUT2D eigenvalue weighted by Gasteiger charge is 1.90. The molecular weight excluding hydrogens is 164 g/mol. The minimum atomic E-state index is 1.14. The van der Waals surface area contributed by atoms with Gasteiger partial charge in [-0.25, -0.2) is 0 Å². The van der Waals surface area contributed by atoms with Crippen molar-refractivity contribution >= 4 is 17.8 Å². The zero-order chi connectivity index (χ0) is 8.81. The van der Waals surface area contributed by atoms with Crippen molar-refractivity contribution in [2.45, 2.75) is 18.7 Å². The predicted octanol–water partition coefficient (Wildman–Crippen LogP) is 3.83. The van der Waals surface area contributed by atoms with Crippen LogP contribution in [-0.2, 0) is 0 Å². The first kappa shape index (κ1) is 9.40. The third kappa shape index (κ3) is 2.74. The van der Waals surface area contributed by atoms with Crippen molar-refractivity contribution < 1.29 is 0 Å². The van der Waals surface area contributed by atoms with Gasteiger partial charge in [-0.1, -0.05) is 31.2 Å². The van der Waals surface area contributed by atoms with Crippen LogP contribution in [0.3, 0.4) is 0 Å².